The maximum atomic E-state index is 12.3. The standard InChI is InChI=1S/C18H19NO5/c1-23-16-6-4-3-5-13(16)11-15(18(22)24-2)19-17(21)12-7-9-14(20)10-8-12/h3-10,15,20H,11H2,1-2H3,(H,19,21)/t15-/m0/s1. The van der Waals surface area contributed by atoms with Crippen LogP contribution in [0, 0.1) is 0 Å². The number of hydrogen-bond acceptors (Lipinski definition) is 5. The normalized spacial score (nSPS) is 11.4. The zero-order valence-electron chi connectivity index (χ0n) is 13.5. The van der Waals surface area contributed by atoms with E-state index in [0.29, 0.717) is 11.3 Å². The number of amides is 1. The van der Waals surface area contributed by atoms with Crippen molar-refractivity contribution in [1.29, 1.82) is 0 Å². The Morgan fingerprint density at radius 1 is 1.08 bits per heavy atom. The van der Waals surface area contributed by atoms with Crippen LogP contribution in [0.3, 0.4) is 0 Å². The number of ether oxygens (including phenoxy) is 2. The highest BCUT2D eigenvalue weighted by Crippen LogP contribution is 2.19. The predicted molar refractivity (Wildman–Crippen MR) is 88.1 cm³/mol. The lowest BCUT2D eigenvalue weighted by Crippen LogP contribution is -2.43. The molecule has 2 N–H and O–H groups in total. The van der Waals surface area contributed by atoms with Crippen LogP contribution in [-0.2, 0) is 16.0 Å². The third-order valence-electron chi connectivity index (χ3n) is 3.54. The number of aromatic hydroxyl groups is 1. The molecule has 0 unspecified atom stereocenters. The molecule has 0 aromatic heterocycles. The van der Waals surface area contributed by atoms with Crippen LogP contribution in [0.25, 0.3) is 0 Å². The zero-order valence-corrected chi connectivity index (χ0v) is 13.5. The molecule has 0 bridgehead atoms. The molecule has 2 rings (SSSR count). The Kier molecular flexibility index (Phi) is 5.78. The molecule has 2 aromatic carbocycles. The Bertz CT molecular complexity index is 712. The van der Waals surface area contributed by atoms with Crippen molar-refractivity contribution in [3.63, 3.8) is 0 Å². The number of benzene rings is 2. The molecule has 0 fully saturated rings. The third kappa shape index (κ3) is 4.25. The van der Waals surface area contributed by atoms with E-state index in [4.69, 9.17) is 9.47 Å². The van der Waals surface area contributed by atoms with Crippen molar-refractivity contribution in [2.45, 2.75) is 12.5 Å². The maximum Gasteiger partial charge on any atom is 0.328 e. The summed E-state index contributed by atoms with van der Waals surface area (Å²) in [5.74, 6) is -0.288. The maximum absolute atomic E-state index is 12.3. The minimum atomic E-state index is -0.854. The van der Waals surface area contributed by atoms with Gasteiger partial charge in [-0.05, 0) is 35.9 Å². The number of rotatable bonds is 6. The van der Waals surface area contributed by atoms with Crippen LogP contribution in [0.15, 0.2) is 48.5 Å². The van der Waals surface area contributed by atoms with E-state index < -0.39 is 17.9 Å². The first-order valence-corrected chi connectivity index (χ1v) is 7.34. The van der Waals surface area contributed by atoms with Gasteiger partial charge in [0, 0.05) is 12.0 Å². The van der Waals surface area contributed by atoms with Crippen molar-refractivity contribution < 1.29 is 24.2 Å². The van der Waals surface area contributed by atoms with Gasteiger partial charge in [-0.2, -0.15) is 0 Å². The van der Waals surface area contributed by atoms with Crippen molar-refractivity contribution >= 4 is 11.9 Å². The number of methoxy groups -OCH3 is 2. The first-order valence-electron chi connectivity index (χ1n) is 7.34. The minimum Gasteiger partial charge on any atom is -0.508 e. The average molecular weight is 329 g/mol. The molecule has 0 aliphatic heterocycles. The Balaban J connectivity index is 2.18. The first kappa shape index (κ1) is 17.3. The Morgan fingerprint density at radius 2 is 1.75 bits per heavy atom. The van der Waals surface area contributed by atoms with Crippen LogP contribution in [-0.4, -0.2) is 37.2 Å². The van der Waals surface area contributed by atoms with Gasteiger partial charge in [0.2, 0.25) is 0 Å². The number of carbonyl (C=O) groups is 2. The molecule has 0 heterocycles. The summed E-state index contributed by atoms with van der Waals surface area (Å²) in [7, 11) is 2.81. The molecule has 0 aliphatic rings. The molecule has 6 nitrogen and oxygen atoms in total. The van der Waals surface area contributed by atoms with E-state index in [1.807, 2.05) is 18.2 Å². The van der Waals surface area contributed by atoms with Gasteiger partial charge in [-0.1, -0.05) is 18.2 Å². The third-order valence-corrected chi connectivity index (χ3v) is 3.54. The molecule has 0 radical (unpaired) electrons. The van der Waals surface area contributed by atoms with Crippen molar-refractivity contribution in [3.05, 3.63) is 59.7 Å². The highest BCUT2D eigenvalue weighted by Gasteiger charge is 2.23. The fourth-order valence-corrected chi connectivity index (χ4v) is 2.28. The van der Waals surface area contributed by atoms with E-state index >= 15 is 0 Å². The summed E-state index contributed by atoms with van der Waals surface area (Å²) < 4.78 is 10.0. The summed E-state index contributed by atoms with van der Waals surface area (Å²) in [6.07, 6.45) is 0.237. The smallest absolute Gasteiger partial charge is 0.328 e. The van der Waals surface area contributed by atoms with Crippen molar-refractivity contribution in [2.24, 2.45) is 0 Å². The lowest BCUT2D eigenvalue weighted by molar-refractivity contribution is -0.142. The summed E-state index contributed by atoms with van der Waals surface area (Å²) in [5.41, 5.74) is 1.11. The Morgan fingerprint density at radius 3 is 2.38 bits per heavy atom. The second-order valence-electron chi connectivity index (χ2n) is 5.11. The number of phenolic OH excluding ortho intramolecular Hbond substituents is 1. The van der Waals surface area contributed by atoms with E-state index in [0.717, 1.165) is 5.56 Å². The monoisotopic (exact) mass is 329 g/mol. The number of nitrogens with one attached hydrogen (secondary N) is 1. The van der Waals surface area contributed by atoms with Gasteiger partial charge in [0.15, 0.2) is 0 Å². The molecule has 0 spiro atoms. The van der Waals surface area contributed by atoms with E-state index in [2.05, 4.69) is 5.32 Å². The molecule has 24 heavy (non-hydrogen) atoms. The molecular formula is C18H19NO5. The summed E-state index contributed by atoms with van der Waals surface area (Å²) in [6.45, 7) is 0. The van der Waals surface area contributed by atoms with Crippen LogP contribution < -0.4 is 10.1 Å². The van der Waals surface area contributed by atoms with E-state index in [1.165, 1.54) is 31.4 Å². The van der Waals surface area contributed by atoms with E-state index in [-0.39, 0.29) is 12.2 Å². The van der Waals surface area contributed by atoms with Crippen molar-refractivity contribution in [1.82, 2.24) is 5.32 Å². The van der Waals surface area contributed by atoms with Gasteiger partial charge >= 0.3 is 5.97 Å². The molecule has 0 saturated heterocycles. The summed E-state index contributed by atoms with van der Waals surface area (Å²) >= 11 is 0. The zero-order chi connectivity index (χ0) is 17.5. The lowest BCUT2D eigenvalue weighted by Gasteiger charge is -2.18. The summed E-state index contributed by atoms with van der Waals surface area (Å²) in [5, 5.41) is 11.9. The fourth-order valence-electron chi connectivity index (χ4n) is 2.28. The Hall–Kier alpha value is -3.02. The predicted octanol–water partition coefficient (Wildman–Crippen LogP) is 1.91. The van der Waals surface area contributed by atoms with Gasteiger partial charge in [0.25, 0.3) is 5.91 Å². The highest BCUT2D eigenvalue weighted by molar-refractivity contribution is 5.96. The van der Waals surface area contributed by atoms with Gasteiger partial charge in [0.1, 0.15) is 17.5 Å². The molecule has 126 valence electrons. The molecule has 1 amide bonds. The minimum absolute atomic E-state index is 0.0603. The lowest BCUT2D eigenvalue weighted by atomic mass is 10.0. The number of para-hydroxylation sites is 1. The molecule has 1 atom stereocenters. The number of esters is 1. The van der Waals surface area contributed by atoms with Crippen molar-refractivity contribution in [3.8, 4) is 11.5 Å². The van der Waals surface area contributed by atoms with Crippen LogP contribution in [0.2, 0.25) is 0 Å². The first-order chi connectivity index (χ1) is 11.5. The van der Waals surface area contributed by atoms with Gasteiger partial charge in [-0.15, -0.1) is 0 Å². The van der Waals surface area contributed by atoms with Gasteiger partial charge in [0.05, 0.1) is 14.2 Å². The molecular weight excluding hydrogens is 310 g/mol. The summed E-state index contributed by atoms with van der Waals surface area (Å²) in [4.78, 5) is 24.3. The fraction of sp³-hybridized carbons (Fsp3) is 0.222. The largest absolute Gasteiger partial charge is 0.508 e. The summed E-state index contributed by atoms with van der Waals surface area (Å²) in [6, 6.07) is 12.2. The quantitative estimate of drug-likeness (QED) is 0.791. The van der Waals surface area contributed by atoms with Crippen molar-refractivity contribution in [2.75, 3.05) is 14.2 Å². The second-order valence-corrected chi connectivity index (χ2v) is 5.11. The van der Waals surface area contributed by atoms with Gasteiger partial charge in [-0.3, -0.25) is 4.79 Å². The average Bonchev–Trinajstić information content (AvgIpc) is 2.61. The van der Waals surface area contributed by atoms with Crippen LogP contribution in [0.1, 0.15) is 15.9 Å². The topological polar surface area (TPSA) is 84.9 Å². The number of carbonyl (C=O) groups excluding carboxylic acids is 2. The molecule has 0 saturated carbocycles. The Labute approximate surface area is 140 Å². The molecule has 0 aliphatic carbocycles. The van der Waals surface area contributed by atoms with Gasteiger partial charge < -0.3 is 19.9 Å². The SMILES string of the molecule is COC(=O)[C@H](Cc1ccccc1OC)NC(=O)c1ccc(O)cc1. The number of phenols is 1. The van der Waals surface area contributed by atoms with E-state index in [1.54, 1.807) is 13.2 Å². The van der Waals surface area contributed by atoms with Gasteiger partial charge in [-0.25, -0.2) is 4.79 Å². The van der Waals surface area contributed by atoms with Crippen LogP contribution in [0.4, 0.5) is 0 Å². The number of hydrogen-bond donors (Lipinski definition) is 2. The molecule has 2 aromatic rings. The molecule has 6 heteroatoms. The van der Waals surface area contributed by atoms with E-state index in [9.17, 15) is 14.7 Å². The highest BCUT2D eigenvalue weighted by atomic mass is 16.5. The van der Waals surface area contributed by atoms with Crippen LogP contribution in [0.5, 0.6) is 11.5 Å². The second kappa shape index (κ2) is 8.01. The van der Waals surface area contributed by atoms with Crippen LogP contribution >= 0.6 is 0 Å².